The molecule has 0 bridgehead atoms. The highest BCUT2D eigenvalue weighted by Crippen LogP contribution is 2.27. The summed E-state index contributed by atoms with van der Waals surface area (Å²) in [5.74, 6) is 0.372. The second-order valence-corrected chi connectivity index (χ2v) is 7.53. The second-order valence-electron chi connectivity index (χ2n) is 7.53. The molecule has 2 aliphatic heterocycles. The molecular formula is C20H23N5O3. The van der Waals surface area contributed by atoms with E-state index in [0.29, 0.717) is 36.8 Å². The third-order valence-electron chi connectivity index (χ3n) is 5.35. The predicted octanol–water partition coefficient (Wildman–Crippen LogP) is 0.808. The molecule has 8 nitrogen and oxygen atoms in total. The Morgan fingerprint density at radius 1 is 1.29 bits per heavy atom. The number of rotatable bonds is 4. The van der Waals surface area contributed by atoms with Gasteiger partial charge in [-0.25, -0.2) is 4.98 Å². The number of nitrogens with one attached hydrogen (secondary N) is 1. The monoisotopic (exact) mass is 381 g/mol. The van der Waals surface area contributed by atoms with E-state index in [0.717, 1.165) is 12.0 Å². The zero-order valence-electron chi connectivity index (χ0n) is 16.0. The van der Waals surface area contributed by atoms with Gasteiger partial charge in [0.2, 0.25) is 11.9 Å². The smallest absolute Gasteiger partial charge is 0.254 e. The summed E-state index contributed by atoms with van der Waals surface area (Å²) in [6, 6.07) is 8.97. The molecular weight excluding hydrogens is 358 g/mol. The lowest BCUT2D eigenvalue weighted by molar-refractivity contribution is -0.130. The van der Waals surface area contributed by atoms with Crippen LogP contribution in [0.3, 0.4) is 0 Å². The van der Waals surface area contributed by atoms with Crippen molar-refractivity contribution in [3.63, 3.8) is 0 Å². The number of aromatic amines is 1. The topological polar surface area (TPSA) is 89.6 Å². The van der Waals surface area contributed by atoms with E-state index in [-0.39, 0.29) is 29.8 Å². The van der Waals surface area contributed by atoms with Crippen molar-refractivity contribution < 1.29 is 9.59 Å². The molecule has 28 heavy (non-hydrogen) atoms. The number of fused-ring (bicyclic) bond motifs is 1. The molecule has 1 atom stereocenters. The van der Waals surface area contributed by atoms with Crippen LogP contribution in [0.4, 0.5) is 5.95 Å². The summed E-state index contributed by atoms with van der Waals surface area (Å²) < 4.78 is 0. The Kier molecular flexibility index (Phi) is 4.62. The molecule has 0 spiro atoms. The van der Waals surface area contributed by atoms with Gasteiger partial charge in [0.15, 0.2) is 0 Å². The summed E-state index contributed by atoms with van der Waals surface area (Å²) in [5.41, 5.74) is 2.15. The third kappa shape index (κ3) is 3.37. The van der Waals surface area contributed by atoms with Gasteiger partial charge in [-0.1, -0.05) is 18.2 Å². The fraction of sp³-hybridized carbons (Fsp3) is 0.400. The van der Waals surface area contributed by atoms with E-state index in [2.05, 4.69) is 9.97 Å². The van der Waals surface area contributed by atoms with Crippen molar-refractivity contribution in [2.45, 2.75) is 18.9 Å². The number of carbonyl (C=O) groups excluding carboxylic acids is 2. The fourth-order valence-electron chi connectivity index (χ4n) is 3.82. The van der Waals surface area contributed by atoms with Gasteiger partial charge < -0.3 is 14.7 Å². The molecule has 2 aliphatic rings. The van der Waals surface area contributed by atoms with Crippen molar-refractivity contribution in [3.05, 3.63) is 57.5 Å². The van der Waals surface area contributed by atoms with Crippen molar-refractivity contribution in [2.75, 3.05) is 38.6 Å². The average molecular weight is 381 g/mol. The normalized spacial score (nSPS) is 18.5. The molecule has 1 saturated heterocycles. The molecule has 3 heterocycles. The van der Waals surface area contributed by atoms with E-state index in [1.54, 1.807) is 20.8 Å². The van der Waals surface area contributed by atoms with E-state index in [1.165, 1.54) is 6.07 Å². The van der Waals surface area contributed by atoms with Crippen molar-refractivity contribution in [3.8, 4) is 0 Å². The van der Waals surface area contributed by atoms with Gasteiger partial charge in [0.1, 0.15) is 6.54 Å². The van der Waals surface area contributed by atoms with Crippen molar-refractivity contribution in [1.82, 2.24) is 19.8 Å². The molecule has 1 unspecified atom stereocenters. The Morgan fingerprint density at radius 3 is 2.82 bits per heavy atom. The van der Waals surface area contributed by atoms with E-state index >= 15 is 0 Å². The first kappa shape index (κ1) is 18.2. The van der Waals surface area contributed by atoms with E-state index in [9.17, 15) is 14.4 Å². The summed E-state index contributed by atoms with van der Waals surface area (Å²) in [6.45, 7) is 1.66. The van der Waals surface area contributed by atoms with E-state index in [1.807, 2.05) is 32.3 Å². The third-order valence-corrected chi connectivity index (χ3v) is 5.35. The molecule has 8 heteroatoms. The first-order valence-electron chi connectivity index (χ1n) is 9.36. The van der Waals surface area contributed by atoms with Crippen LogP contribution in [0.25, 0.3) is 0 Å². The minimum Gasteiger partial charge on any atom is -0.348 e. The van der Waals surface area contributed by atoms with Gasteiger partial charge in [0, 0.05) is 51.3 Å². The van der Waals surface area contributed by atoms with Crippen LogP contribution in [0.5, 0.6) is 0 Å². The van der Waals surface area contributed by atoms with Crippen LogP contribution in [-0.2, 0) is 11.3 Å². The maximum Gasteiger partial charge on any atom is 0.254 e. The quantitative estimate of drug-likeness (QED) is 0.847. The number of amides is 2. The molecule has 0 saturated carbocycles. The van der Waals surface area contributed by atoms with Crippen LogP contribution >= 0.6 is 0 Å². The van der Waals surface area contributed by atoms with Crippen molar-refractivity contribution >= 4 is 17.8 Å². The molecule has 1 aromatic carbocycles. The van der Waals surface area contributed by atoms with Crippen molar-refractivity contribution in [2.24, 2.45) is 0 Å². The lowest BCUT2D eigenvalue weighted by atomic mass is 10.1. The molecule has 0 aliphatic carbocycles. The fourth-order valence-corrected chi connectivity index (χ4v) is 3.82. The van der Waals surface area contributed by atoms with Crippen LogP contribution in [0, 0.1) is 0 Å². The maximum absolute atomic E-state index is 12.8. The second kappa shape index (κ2) is 7.10. The standard InChI is InChI=1S/C20H23N5O3/c1-23(2)20-21-16(9-17(26)22-20)14-7-8-24(11-14)18(27)12-25-10-13-5-3-4-6-15(13)19(25)28/h3-6,9,14H,7-8,10-12H2,1-2H3,(H,21,22,26). The Bertz CT molecular complexity index is 984. The first-order chi connectivity index (χ1) is 13.4. The Morgan fingerprint density at radius 2 is 2.07 bits per heavy atom. The Balaban J connectivity index is 1.42. The van der Waals surface area contributed by atoms with Gasteiger partial charge in [0.05, 0.1) is 5.69 Å². The summed E-state index contributed by atoms with van der Waals surface area (Å²) in [6.07, 6.45) is 0.753. The van der Waals surface area contributed by atoms with Gasteiger partial charge >= 0.3 is 0 Å². The Labute approximate surface area is 162 Å². The molecule has 1 N–H and O–H groups in total. The number of benzene rings is 1. The van der Waals surface area contributed by atoms with Gasteiger partial charge in [-0.15, -0.1) is 0 Å². The van der Waals surface area contributed by atoms with Crippen molar-refractivity contribution in [1.29, 1.82) is 0 Å². The molecule has 2 aromatic rings. The number of aromatic nitrogens is 2. The van der Waals surface area contributed by atoms with Gasteiger partial charge in [-0.3, -0.25) is 19.4 Å². The largest absolute Gasteiger partial charge is 0.348 e. The Hall–Kier alpha value is -3.16. The first-order valence-corrected chi connectivity index (χ1v) is 9.36. The molecule has 1 fully saturated rings. The minimum atomic E-state index is -0.195. The number of H-pyrrole nitrogens is 1. The maximum atomic E-state index is 12.8. The zero-order valence-corrected chi connectivity index (χ0v) is 16.0. The summed E-state index contributed by atoms with van der Waals surface area (Å²) in [4.78, 5) is 49.5. The number of hydrogen-bond acceptors (Lipinski definition) is 5. The lowest BCUT2D eigenvalue weighted by Gasteiger charge is -2.21. The van der Waals surface area contributed by atoms with Crippen LogP contribution in [0.2, 0.25) is 0 Å². The highest BCUT2D eigenvalue weighted by Gasteiger charge is 2.33. The number of likely N-dealkylation sites (tertiary alicyclic amines) is 1. The SMILES string of the molecule is CN(C)c1nc(C2CCN(C(=O)CN3Cc4ccccc4C3=O)C2)cc(=O)[nH]1. The average Bonchev–Trinajstić information content (AvgIpc) is 3.27. The number of nitrogens with zero attached hydrogens (tertiary/aromatic N) is 4. The lowest BCUT2D eigenvalue weighted by Crippen LogP contribution is -2.39. The van der Waals surface area contributed by atoms with Gasteiger partial charge in [0.25, 0.3) is 11.5 Å². The van der Waals surface area contributed by atoms with Crippen LogP contribution in [-0.4, -0.2) is 65.3 Å². The number of anilines is 1. The highest BCUT2D eigenvalue weighted by molar-refractivity contribution is 6.00. The highest BCUT2D eigenvalue weighted by atomic mass is 16.2. The van der Waals surface area contributed by atoms with E-state index in [4.69, 9.17) is 0 Å². The number of carbonyl (C=O) groups is 2. The molecule has 1 aromatic heterocycles. The van der Waals surface area contributed by atoms with Crippen LogP contribution < -0.4 is 10.5 Å². The molecule has 146 valence electrons. The minimum absolute atomic E-state index is 0.0245. The van der Waals surface area contributed by atoms with E-state index < -0.39 is 0 Å². The van der Waals surface area contributed by atoms with Crippen LogP contribution in [0.15, 0.2) is 35.1 Å². The molecule has 0 radical (unpaired) electrons. The van der Waals surface area contributed by atoms with Crippen LogP contribution in [0.1, 0.15) is 34.0 Å². The van der Waals surface area contributed by atoms with Gasteiger partial charge in [-0.2, -0.15) is 0 Å². The summed E-state index contributed by atoms with van der Waals surface area (Å²) in [5, 5.41) is 0. The predicted molar refractivity (Wildman–Crippen MR) is 104 cm³/mol. The molecule has 2 amide bonds. The summed E-state index contributed by atoms with van der Waals surface area (Å²) in [7, 11) is 3.63. The summed E-state index contributed by atoms with van der Waals surface area (Å²) >= 11 is 0. The number of hydrogen-bond donors (Lipinski definition) is 1. The van der Waals surface area contributed by atoms with Gasteiger partial charge in [-0.05, 0) is 18.1 Å². The zero-order chi connectivity index (χ0) is 19.8. The molecule has 4 rings (SSSR count).